The van der Waals surface area contributed by atoms with Crippen molar-refractivity contribution in [2.75, 3.05) is 25.4 Å². The predicted molar refractivity (Wildman–Crippen MR) is 168 cm³/mol. The normalized spacial score (nSPS) is 16.0. The molecule has 2 rings (SSSR count). The standard InChI is InChI=1S/C22H37N5OS.C4H8O.C2H6.C2H4/c1-4-20(23-15-21-22(28)9-8-17(2)26-21)18(3)24-16-25-19-7-5-11-27(13-10-19)12-6-14-29;1-4(2)3-5;2*1-2/h8-9,16,19,23,28-29H,4-7,10-15H2,1-3H3,(H,24,25);3-4H,1-2H3;1-2H3;1-2H2/b20-18-;;;. The van der Waals surface area contributed by atoms with Gasteiger partial charge in [0.25, 0.3) is 0 Å². The summed E-state index contributed by atoms with van der Waals surface area (Å²) in [6.45, 7) is 23.7. The summed E-state index contributed by atoms with van der Waals surface area (Å²) in [5, 5.41) is 16.7. The first-order valence-corrected chi connectivity index (χ1v) is 14.6. The van der Waals surface area contributed by atoms with Gasteiger partial charge in [-0.1, -0.05) is 34.6 Å². The van der Waals surface area contributed by atoms with Crippen molar-refractivity contribution in [2.45, 2.75) is 93.2 Å². The Morgan fingerprint density at radius 3 is 2.53 bits per heavy atom. The van der Waals surface area contributed by atoms with Crippen molar-refractivity contribution >= 4 is 25.3 Å². The van der Waals surface area contributed by atoms with Crippen LogP contribution < -0.4 is 10.6 Å². The number of aldehydes is 1. The maximum absolute atomic E-state index is 9.97. The van der Waals surface area contributed by atoms with Gasteiger partial charge in [0.05, 0.1) is 18.9 Å². The van der Waals surface area contributed by atoms with Gasteiger partial charge < -0.3 is 25.4 Å². The summed E-state index contributed by atoms with van der Waals surface area (Å²) in [7, 11) is 0. The van der Waals surface area contributed by atoms with E-state index in [0.717, 1.165) is 67.9 Å². The molecular weight excluding hydrogens is 494 g/mol. The largest absolute Gasteiger partial charge is 0.506 e. The van der Waals surface area contributed by atoms with E-state index < -0.39 is 0 Å². The number of aromatic nitrogens is 1. The van der Waals surface area contributed by atoms with Gasteiger partial charge in [-0.15, -0.1) is 13.2 Å². The summed E-state index contributed by atoms with van der Waals surface area (Å²) in [6.07, 6.45) is 8.26. The van der Waals surface area contributed by atoms with Crippen LogP contribution in [0.15, 0.2) is 41.7 Å². The molecule has 0 saturated carbocycles. The van der Waals surface area contributed by atoms with Gasteiger partial charge in [0, 0.05) is 29.6 Å². The minimum absolute atomic E-state index is 0.204. The van der Waals surface area contributed by atoms with E-state index >= 15 is 0 Å². The van der Waals surface area contributed by atoms with E-state index in [1.165, 1.54) is 13.0 Å². The Kier molecular flexibility index (Phi) is 24.9. The van der Waals surface area contributed by atoms with Gasteiger partial charge in [0.15, 0.2) is 0 Å². The molecule has 38 heavy (non-hydrogen) atoms. The molecule has 1 unspecified atom stereocenters. The molecule has 3 N–H and O–H groups in total. The fourth-order valence-corrected chi connectivity index (χ4v) is 3.72. The number of aromatic hydroxyl groups is 1. The van der Waals surface area contributed by atoms with Crippen LogP contribution in [0.4, 0.5) is 0 Å². The summed E-state index contributed by atoms with van der Waals surface area (Å²) >= 11 is 4.32. The smallest absolute Gasteiger partial charge is 0.138 e. The molecule has 0 radical (unpaired) electrons. The molecule has 0 spiro atoms. The highest BCUT2D eigenvalue weighted by Gasteiger charge is 2.15. The minimum Gasteiger partial charge on any atom is -0.506 e. The van der Waals surface area contributed by atoms with E-state index in [-0.39, 0.29) is 11.7 Å². The Bertz CT molecular complexity index is 799. The van der Waals surface area contributed by atoms with E-state index in [2.05, 4.69) is 53.2 Å². The molecule has 8 heteroatoms. The molecule has 1 aliphatic heterocycles. The zero-order valence-electron chi connectivity index (χ0n) is 25.1. The Hall–Kier alpha value is -2.32. The number of hydrogen-bond acceptors (Lipinski definition) is 7. The third-order valence-electron chi connectivity index (χ3n) is 5.63. The molecule has 7 nitrogen and oxygen atoms in total. The van der Waals surface area contributed by atoms with Crippen molar-refractivity contribution in [3.05, 3.63) is 48.1 Å². The topological polar surface area (TPSA) is 89.8 Å². The van der Waals surface area contributed by atoms with E-state index in [0.29, 0.717) is 18.3 Å². The second-order valence-electron chi connectivity index (χ2n) is 9.04. The Labute approximate surface area is 238 Å². The summed E-state index contributed by atoms with van der Waals surface area (Å²) in [6, 6.07) is 3.90. The van der Waals surface area contributed by atoms with Crippen molar-refractivity contribution in [2.24, 2.45) is 10.9 Å². The highest BCUT2D eigenvalue weighted by Crippen LogP contribution is 2.16. The van der Waals surface area contributed by atoms with Crippen LogP contribution in [0.1, 0.15) is 85.0 Å². The average molecular weight is 550 g/mol. The average Bonchev–Trinajstić information content (AvgIpc) is 3.17. The predicted octanol–water partition coefficient (Wildman–Crippen LogP) is 6.29. The number of allylic oxidation sites excluding steroid dienone is 2. The van der Waals surface area contributed by atoms with Crippen molar-refractivity contribution in [3.8, 4) is 5.75 Å². The van der Waals surface area contributed by atoms with Crippen molar-refractivity contribution in [3.63, 3.8) is 0 Å². The lowest BCUT2D eigenvalue weighted by atomic mass is 10.1. The number of aliphatic imine (C=N–C) groups is 1. The molecule has 0 bridgehead atoms. The van der Waals surface area contributed by atoms with Gasteiger partial charge in [-0.25, -0.2) is 0 Å². The van der Waals surface area contributed by atoms with Crippen LogP contribution >= 0.6 is 12.6 Å². The number of nitrogens with one attached hydrogen (secondary N) is 2. The van der Waals surface area contributed by atoms with E-state index in [1.807, 2.05) is 53.9 Å². The molecule has 218 valence electrons. The van der Waals surface area contributed by atoms with Gasteiger partial charge in [-0.2, -0.15) is 12.6 Å². The first-order valence-electron chi connectivity index (χ1n) is 14.0. The van der Waals surface area contributed by atoms with Gasteiger partial charge in [-0.05, 0) is 76.9 Å². The van der Waals surface area contributed by atoms with Crippen LogP contribution in [-0.2, 0) is 11.3 Å². The monoisotopic (exact) mass is 549 g/mol. The number of carbonyl (C=O) groups is 1. The van der Waals surface area contributed by atoms with E-state index in [9.17, 15) is 9.90 Å². The zero-order chi connectivity index (χ0) is 29.3. The van der Waals surface area contributed by atoms with Gasteiger partial charge >= 0.3 is 0 Å². The molecule has 0 amide bonds. The molecule has 1 aromatic rings. The lowest BCUT2D eigenvalue weighted by Crippen LogP contribution is -2.26. The number of pyridine rings is 1. The number of rotatable bonds is 11. The summed E-state index contributed by atoms with van der Waals surface area (Å²) in [5.41, 5.74) is 3.71. The molecule has 0 aromatic carbocycles. The number of thiol groups is 1. The first kappa shape index (κ1) is 37.8. The molecule has 0 aliphatic carbocycles. The number of likely N-dealkylation sites (tertiary alicyclic amines) is 1. The second kappa shape index (κ2) is 25.0. The molecule has 2 heterocycles. The molecule has 1 saturated heterocycles. The van der Waals surface area contributed by atoms with Crippen LogP contribution in [-0.4, -0.2) is 59.0 Å². The van der Waals surface area contributed by atoms with Gasteiger partial charge in [0.2, 0.25) is 0 Å². The van der Waals surface area contributed by atoms with Gasteiger partial charge in [-0.3, -0.25) is 9.98 Å². The maximum atomic E-state index is 9.97. The molecular formula is C30H55N5O2S. The number of nitrogens with zero attached hydrogens (tertiary/aromatic N) is 3. The van der Waals surface area contributed by atoms with Crippen molar-refractivity contribution in [1.29, 1.82) is 0 Å². The van der Waals surface area contributed by atoms with Crippen LogP contribution in [0.3, 0.4) is 0 Å². The summed E-state index contributed by atoms with van der Waals surface area (Å²) in [5.74, 6) is 1.39. The minimum atomic E-state index is 0.204. The fraction of sp³-hybridized carbons (Fsp3) is 0.633. The molecule has 1 fully saturated rings. The quantitative estimate of drug-likeness (QED) is 0.0853. The van der Waals surface area contributed by atoms with Crippen LogP contribution in [0.5, 0.6) is 5.75 Å². The molecule has 1 atom stereocenters. The van der Waals surface area contributed by atoms with Gasteiger partial charge in [0.1, 0.15) is 17.7 Å². The number of carbonyl (C=O) groups excluding carboxylic acids is 1. The zero-order valence-corrected chi connectivity index (χ0v) is 26.0. The van der Waals surface area contributed by atoms with Crippen LogP contribution in [0.2, 0.25) is 0 Å². The van der Waals surface area contributed by atoms with Crippen molar-refractivity contribution < 1.29 is 9.90 Å². The Balaban J connectivity index is 0. The lowest BCUT2D eigenvalue weighted by Gasteiger charge is -2.18. The Morgan fingerprint density at radius 2 is 1.95 bits per heavy atom. The Morgan fingerprint density at radius 1 is 1.29 bits per heavy atom. The highest BCUT2D eigenvalue weighted by molar-refractivity contribution is 7.80. The third-order valence-corrected chi connectivity index (χ3v) is 5.94. The number of aryl methyl sites for hydroxylation is 1. The SMILES string of the molecule is C=C.CC.CC(C)C=O.CC/C(NCc1nc(C)ccc1O)=C(\C)NC=NC1CCCN(CCCS)CC1. The van der Waals surface area contributed by atoms with E-state index in [4.69, 9.17) is 4.99 Å². The molecule has 1 aromatic heterocycles. The first-order chi connectivity index (χ1) is 18.3. The van der Waals surface area contributed by atoms with Crippen molar-refractivity contribution in [1.82, 2.24) is 20.5 Å². The molecule has 1 aliphatic rings. The second-order valence-corrected chi connectivity index (χ2v) is 9.48. The van der Waals surface area contributed by atoms with Crippen LogP contribution in [0, 0.1) is 12.8 Å². The highest BCUT2D eigenvalue weighted by atomic mass is 32.1. The third kappa shape index (κ3) is 18.0. The summed E-state index contributed by atoms with van der Waals surface area (Å²) < 4.78 is 0. The fourth-order valence-electron chi connectivity index (χ4n) is 3.58. The summed E-state index contributed by atoms with van der Waals surface area (Å²) in [4.78, 5) is 21.2. The lowest BCUT2D eigenvalue weighted by molar-refractivity contribution is -0.110. The maximum Gasteiger partial charge on any atom is 0.138 e. The van der Waals surface area contributed by atoms with E-state index in [1.54, 1.807) is 6.07 Å². The number of hydrogen-bond donors (Lipinski definition) is 4. The van der Waals surface area contributed by atoms with Crippen LogP contribution in [0.25, 0.3) is 0 Å².